The number of rotatable bonds is 9. The van der Waals surface area contributed by atoms with Crippen molar-refractivity contribution in [3.8, 4) is 0 Å². The number of halogens is 1. The number of hydrogen-bond acceptors (Lipinski definition) is 8. The van der Waals surface area contributed by atoms with Crippen molar-refractivity contribution in [2.75, 3.05) is 24.4 Å². The highest BCUT2D eigenvalue weighted by Gasteiger charge is 2.41. The van der Waals surface area contributed by atoms with Crippen LogP contribution in [0.1, 0.15) is 54.4 Å². The number of nitrogens with zero attached hydrogens (tertiary/aromatic N) is 2. The van der Waals surface area contributed by atoms with Crippen LogP contribution < -0.4 is 4.72 Å². The first-order valence-electron chi connectivity index (χ1n) is 16.8. The zero-order chi connectivity index (χ0) is 34.9. The van der Waals surface area contributed by atoms with Crippen molar-refractivity contribution < 1.29 is 28.1 Å². The van der Waals surface area contributed by atoms with E-state index in [2.05, 4.69) is 21.5 Å². The second-order valence-corrected chi connectivity index (χ2v) is 15.3. The minimum absolute atomic E-state index is 0.0381. The van der Waals surface area contributed by atoms with Crippen molar-refractivity contribution in [1.82, 2.24) is 9.88 Å². The lowest BCUT2D eigenvalue weighted by Gasteiger charge is -2.45. The molecule has 4 atom stereocenters. The third-order valence-electron chi connectivity index (χ3n) is 9.92. The number of aromatic nitrogens is 1. The average Bonchev–Trinajstić information content (AvgIpc) is 3.13. The number of likely N-dealkylation sites (tertiary alicyclic amines) is 1. The fourth-order valence-electron chi connectivity index (χ4n) is 6.99. The standard InChI is InChI=1S/C39H40ClN3O6S/c1-26-34(24-43-21-18-39(45,19-22-43)31-14-16-32(40)17-15-31)48-38(49-37(26)29-12-10-27(25-44)11-13-29)30-6-2-8-33(23-30)42-50(46,47)35-9-3-5-28-7-4-20-41-36(28)35/h2-17,20,23,26,34,37-38,42,44-45H,18-19,21-22,24-25H2,1H3. The maximum absolute atomic E-state index is 13.6. The Kier molecular flexibility index (Phi) is 9.96. The van der Waals surface area contributed by atoms with E-state index >= 15 is 0 Å². The van der Waals surface area contributed by atoms with Crippen LogP contribution in [0.5, 0.6) is 0 Å². The second-order valence-electron chi connectivity index (χ2n) is 13.2. The van der Waals surface area contributed by atoms with Gasteiger partial charge in [-0.2, -0.15) is 0 Å². The van der Waals surface area contributed by atoms with Crippen LogP contribution in [0.3, 0.4) is 0 Å². The second kappa shape index (κ2) is 14.4. The van der Waals surface area contributed by atoms with Crippen LogP contribution in [0.15, 0.2) is 114 Å². The van der Waals surface area contributed by atoms with Gasteiger partial charge in [0.2, 0.25) is 0 Å². The Labute approximate surface area is 297 Å². The number of ether oxygens (including phenoxy) is 2. The highest BCUT2D eigenvalue weighted by atomic mass is 35.5. The van der Waals surface area contributed by atoms with Gasteiger partial charge in [0.25, 0.3) is 10.0 Å². The summed E-state index contributed by atoms with van der Waals surface area (Å²) in [7, 11) is -3.97. The number of aliphatic hydroxyl groups excluding tert-OH is 1. The van der Waals surface area contributed by atoms with Crippen molar-refractivity contribution in [1.29, 1.82) is 0 Å². The summed E-state index contributed by atoms with van der Waals surface area (Å²) in [5.41, 5.74) is 3.17. The number of hydrogen-bond donors (Lipinski definition) is 3. The Balaban J connectivity index is 1.12. The van der Waals surface area contributed by atoms with E-state index in [1.54, 1.807) is 42.6 Å². The minimum atomic E-state index is -3.97. The summed E-state index contributed by atoms with van der Waals surface area (Å²) in [4.78, 5) is 6.74. The van der Waals surface area contributed by atoms with Crippen molar-refractivity contribution in [2.45, 2.75) is 55.4 Å². The third kappa shape index (κ3) is 7.29. The number of pyridine rings is 1. The normalized spacial score (nSPS) is 22.7. The molecule has 3 N–H and O–H groups in total. The molecule has 0 aliphatic carbocycles. The Bertz CT molecular complexity index is 2050. The summed E-state index contributed by atoms with van der Waals surface area (Å²) in [6.45, 7) is 4.07. The molecule has 0 radical (unpaired) electrons. The Morgan fingerprint density at radius 2 is 1.64 bits per heavy atom. The minimum Gasteiger partial charge on any atom is -0.392 e. The summed E-state index contributed by atoms with van der Waals surface area (Å²) in [6.07, 6.45) is 1.39. The molecule has 4 unspecified atom stereocenters. The fraction of sp³-hybridized carbons (Fsp3) is 0.308. The number of benzene rings is 4. The zero-order valence-electron chi connectivity index (χ0n) is 27.7. The molecule has 260 valence electrons. The quantitative estimate of drug-likeness (QED) is 0.150. The molecule has 50 heavy (non-hydrogen) atoms. The molecule has 0 saturated carbocycles. The predicted octanol–water partition coefficient (Wildman–Crippen LogP) is 6.96. The van der Waals surface area contributed by atoms with Crippen LogP contribution in [-0.2, 0) is 31.7 Å². The number of para-hydroxylation sites is 1. The summed E-state index contributed by atoms with van der Waals surface area (Å²) in [5.74, 6) is -0.0381. The number of fused-ring (bicyclic) bond motifs is 1. The van der Waals surface area contributed by atoms with E-state index in [4.69, 9.17) is 21.1 Å². The van der Waals surface area contributed by atoms with Crippen LogP contribution in [0.2, 0.25) is 5.02 Å². The van der Waals surface area contributed by atoms with Crippen molar-refractivity contribution >= 4 is 38.2 Å². The molecular formula is C39H40ClN3O6S. The molecule has 3 heterocycles. The molecule has 0 bridgehead atoms. The van der Waals surface area contributed by atoms with E-state index in [0.29, 0.717) is 54.3 Å². The van der Waals surface area contributed by atoms with Gasteiger partial charge in [-0.15, -0.1) is 0 Å². The zero-order valence-corrected chi connectivity index (χ0v) is 29.2. The molecular weight excluding hydrogens is 674 g/mol. The van der Waals surface area contributed by atoms with Gasteiger partial charge >= 0.3 is 0 Å². The highest BCUT2D eigenvalue weighted by molar-refractivity contribution is 7.93. The van der Waals surface area contributed by atoms with Gasteiger partial charge < -0.3 is 24.6 Å². The van der Waals surface area contributed by atoms with E-state index in [1.165, 1.54) is 0 Å². The smallest absolute Gasteiger partial charge is 0.264 e. The predicted molar refractivity (Wildman–Crippen MR) is 193 cm³/mol. The van der Waals surface area contributed by atoms with E-state index in [1.807, 2.05) is 66.7 Å². The number of anilines is 1. The van der Waals surface area contributed by atoms with Gasteiger partial charge in [-0.05, 0) is 65.9 Å². The first kappa shape index (κ1) is 34.6. The molecule has 1 aromatic heterocycles. The van der Waals surface area contributed by atoms with Crippen molar-refractivity contribution in [3.05, 3.63) is 137 Å². The maximum atomic E-state index is 13.6. The van der Waals surface area contributed by atoms with Gasteiger partial charge in [0.05, 0.1) is 29.9 Å². The summed E-state index contributed by atoms with van der Waals surface area (Å²) in [6, 6.07) is 30.9. The van der Waals surface area contributed by atoms with Gasteiger partial charge in [-0.25, -0.2) is 8.42 Å². The molecule has 4 aromatic carbocycles. The van der Waals surface area contributed by atoms with Crippen LogP contribution >= 0.6 is 11.6 Å². The van der Waals surface area contributed by atoms with Gasteiger partial charge in [0.1, 0.15) is 4.90 Å². The number of nitrogens with one attached hydrogen (secondary N) is 1. The van der Waals surface area contributed by atoms with E-state index in [-0.39, 0.29) is 29.6 Å². The molecule has 11 heteroatoms. The van der Waals surface area contributed by atoms with E-state index in [0.717, 1.165) is 22.1 Å². The molecule has 7 rings (SSSR count). The summed E-state index contributed by atoms with van der Waals surface area (Å²) in [5, 5.41) is 22.5. The average molecular weight is 714 g/mol. The third-order valence-corrected chi connectivity index (χ3v) is 11.6. The fourth-order valence-corrected chi connectivity index (χ4v) is 8.34. The molecule has 9 nitrogen and oxygen atoms in total. The first-order chi connectivity index (χ1) is 24.1. The first-order valence-corrected chi connectivity index (χ1v) is 18.7. The number of aliphatic hydroxyl groups is 2. The van der Waals surface area contributed by atoms with Crippen LogP contribution in [0.25, 0.3) is 10.9 Å². The monoisotopic (exact) mass is 713 g/mol. The summed E-state index contributed by atoms with van der Waals surface area (Å²) < 4.78 is 43.3. The van der Waals surface area contributed by atoms with Gasteiger partial charge in [-0.1, -0.05) is 85.3 Å². The molecule has 2 fully saturated rings. The van der Waals surface area contributed by atoms with Gasteiger partial charge in [0, 0.05) is 53.4 Å². The van der Waals surface area contributed by atoms with Gasteiger partial charge in [-0.3, -0.25) is 9.71 Å². The van der Waals surface area contributed by atoms with E-state index < -0.39 is 21.9 Å². The molecule has 5 aromatic rings. The summed E-state index contributed by atoms with van der Waals surface area (Å²) >= 11 is 6.09. The lowest BCUT2D eigenvalue weighted by molar-refractivity contribution is -0.277. The number of sulfonamides is 1. The maximum Gasteiger partial charge on any atom is 0.264 e. The molecule has 2 aliphatic rings. The van der Waals surface area contributed by atoms with Crippen molar-refractivity contribution in [2.24, 2.45) is 5.92 Å². The van der Waals surface area contributed by atoms with Crippen LogP contribution in [0, 0.1) is 5.92 Å². The highest BCUT2D eigenvalue weighted by Crippen LogP contribution is 2.43. The van der Waals surface area contributed by atoms with Crippen LogP contribution in [0.4, 0.5) is 5.69 Å². The Morgan fingerprint density at radius 3 is 2.38 bits per heavy atom. The SMILES string of the molecule is CC1C(CN2CCC(O)(c3ccc(Cl)cc3)CC2)OC(c2cccc(NS(=O)(=O)c3cccc4cccnc34)c2)OC1c1ccc(CO)cc1. The Hall–Kier alpha value is -3.87. The van der Waals surface area contributed by atoms with Crippen LogP contribution in [-0.4, -0.2) is 54.3 Å². The lowest BCUT2D eigenvalue weighted by atomic mass is 9.84. The van der Waals surface area contributed by atoms with Crippen molar-refractivity contribution in [3.63, 3.8) is 0 Å². The Morgan fingerprint density at radius 1 is 0.920 bits per heavy atom. The van der Waals surface area contributed by atoms with E-state index in [9.17, 15) is 18.6 Å². The molecule has 2 aliphatic heterocycles. The molecule has 0 spiro atoms. The molecule has 2 saturated heterocycles. The number of piperidine rings is 1. The lowest BCUT2D eigenvalue weighted by Crippen LogP contribution is -2.49. The topological polar surface area (TPSA) is 121 Å². The van der Waals surface area contributed by atoms with Gasteiger partial charge in [0.15, 0.2) is 6.29 Å². The molecule has 0 amide bonds. The largest absolute Gasteiger partial charge is 0.392 e.